The fraction of sp³-hybridized carbons (Fsp3) is 0.611. The minimum Gasteiger partial charge on any atom is -0.366 e. The Bertz CT molecular complexity index is 693. The van der Waals surface area contributed by atoms with Crippen molar-refractivity contribution in [3.05, 3.63) is 29.6 Å². The van der Waals surface area contributed by atoms with Gasteiger partial charge in [-0.25, -0.2) is 4.68 Å². The number of nitrogens with one attached hydrogen (secondary N) is 1. The van der Waals surface area contributed by atoms with E-state index in [0.29, 0.717) is 6.04 Å². The first-order valence-corrected chi connectivity index (χ1v) is 8.96. The Morgan fingerprint density at radius 1 is 1.08 bits per heavy atom. The molecular weight excluding hydrogens is 300 g/mol. The highest BCUT2D eigenvalue weighted by atomic mass is 15.4. The molecule has 4 heterocycles. The van der Waals surface area contributed by atoms with E-state index < -0.39 is 0 Å². The number of fused-ring (bicyclic) bond motifs is 2. The summed E-state index contributed by atoms with van der Waals surface area (Å²) in [4.78, 5) is 2.58. The summed E-state index contributed by atoms with van der Waals surface area (Å²) in [5.74, 6) is 1.64. The highest BCUT2D eigenvalue weighted by Gasteiger charge is 2.35. The Morgan fingerprint density at radius 3 is 2.42 bits per heavy atom. The number of anilines is 1. The van der Waals surface area contributed by atoms with Gasteiger partial charge in [0.25, 0.3) is 0 Å². The lowest BCUT2D eigenvalue weighted by molar-refractivity contribution is 0.0607. The SMILES string of the molecule is Cc1cc(C)n(-c2ccc(NC3C[C@H]4CCC[C@@H](C3)N4C)nn2)n1. The van der Waals surface area contributed by atoms with Gasteiger partial charge in [0, 0.05) is 23.8 Å². The van der Waals surface area contributed by atoms with E-state index >= 15 is 0 Å². The zero-order chi connectivity index (χ0) is 16.7. The van der Waals surface area contributed by atoms with Crippen LogP contribution in [-0.4, -0.2) is 50.1 Å². The predicted octanol–water partition coefficient (Wildman–Crippen LogP) is 2.71. The summed E-state index contributed by atoms with van der Waals surface area (Å²) in [7, 11) is 2.29. The molecule has 1 unspecified atom stereocenters. The molecule has 0 amide bonds. The van der Waals surface area contributed by atoms with Gasteiger partial charge in [0.05, 0.1) is 5.69 Å². The molecule has 2 aliphatic heterocycles. The minimum atomic E-state index is 0.505. The average Bonchev–Trinajstić information content (AvgIpc) is 2.88. The van der Waals surface area contributed by atoms with Crippen molar-refractivity contribution in [2.75, 3.05) is 12.4 Å². The lowest BCUT2D eigenvalue weighted by Crippen LogP contribution is -2.52. The molecule has 0 spiro atoms. The summed E-state index contributed by atoms with van der Waals surface area (Å²) < 4.78 is 1.84. The molecule has 0 aromatic carbocycles. The summed E-state index contributed by atoms with van der Waals surface area (Å²) in [6, 6.07) is 8.00. The van der Waals surface area contributed by atoms with Gasteiger partial charge in [-0.2, -0.15) is 5.10 Å². The molecule has 6 heteroatoms. The van der Waals surface area contributed by atoms with Crippen LogP contribution in [0.3, 0.4) is 0 Å². The monoisotopic (exact) mass is 326 g/mol. The second kappa shape index (κ2) is 6.16. The van der Waals surface area contributed by atoms with Crippen LogP contribution in [0.25, 0.3) is 5.82 Å². The molecule has 6 nitrogen and oxygen atoms in total. The Balaban J connectivity index is 1.45. The second-order valence-electron chi connectivity index (χ2n) is 7.33. The Kier molecular flexibility index (Phi) is 4.00. The van der Waals surface area contributed by atoms with Crippen LogP contribution in [0.4, 0.5) is 5.82 Å². The molecule has 0 aliphatic carbocycles. The smallest absolute Gasteiger partial charge is 0.176 e. The molecule has 24 heavy (non-hydrogen) atoms. The van der Waals surface area contributed by atoms with Gasteiger partial charge in [-0.15, -0.1) is 10.2 Å². The van der Waals surface area contributed by atoms with E-state index in [4.69, 9.17) is 0 Å². The molecule has 0 radical (unpaired) electrons. The molecule has 2 saturated heterocycles. The minimum absolute atomic E-state index is 0.505. The molecule has 1 N–H and O–H groups in total. The lowest BCUT2D eigenvalue weighted by Gasteiger charge is -2.47. The van der Waals surface area contributed by atoms with Crippen LogP contribution in [0.5, 0.6) is 0 Å². The maximum atomic E-state index is 4.46. The molecule has 3 atom stereocenters. The molecule has 2 aliphatic rings. The van der Waals surface area contributed by atoms with E-state index in [1.165, 1.54) is 32.1 Å². The van der Waals surface area contributed by atoms with E-state index in [1.807, 2.05) is 36.7 Å². The zero-order valence-electron chi connectivity index (χ0n) is 14.7. The Hall–Kier alpha value is -1.95. The first-order valence-electron chi connectivity index (χ1n) is 8.96. The van der Waals surface area contributed by atoms with Crippen LogP contribution in [0.1, 0.15) is 43.5 Å². The Labute approximate surface area is 143 Å². The maximum absolute atomic E-state index is 4.46. The third-order valence-electron chi connectivity index (χ3n) is 5.57. The van der Waals surface area contributed by atoms with E-state index in [-0.39, 0.29) is 0 Å². The second-order valence-corrected chi connectivity index (χ2v) is 7.33. The first kappa shape index (κ1) is 15.6. The van der Waals surface area contributed by atoms with Crippen LogP contribution in [0.15, 0.2) is 18.2 Å². The molecule has 2 fully saturated rings. The highest BCUT2D eigenvalue weighted by molar-refractivity contribution is 5.38. The van der Waals surface area contributed by atoms with Crippen LogP contribution >= 0.6 is 0 Å². The fourth-order valence-corrected chi connectivity index (χ4v) is 4.32. The fourth-order valence-electron chi connectivity index (χ4n) is 4.32. The summed E-state index contributed by atoms with van der Waals surface area (Å²) >= 11 is 0. The third-order valence-corrected chi connectivity index (χ3v) is 5.57. The van der Waals surface area contributed by atoms with E-state index in [1.54, 1.807) is 0 Å². The maximum Gasteiger partial charge on any atom is 0.176 e. The molecule has 0 saturated carbocycles. The first-order chi connectivity index (χ1) is 11.6. The highest BCUT2D eigenvalue weighted by Crippen LogP contribution is 2.33. The van der Waals surface area contributed by atoms with Crippen molar-refractivity contribution >= 4 is 5.82 Å². The number of nitrogens with zero attached hydrogens (tertiary/aromatic N) is 5. The number of hydrogen-bond acceptors (Lipinski definition) is 5. The van der Waals surface area contributed by atoms with Crippen molar-refractivity contribution < 1.29 is 0 Å². The third kappa shape index (κ3) is 2.90. The normalized spacial score (nSPS) is 27.2. The van der Waals surface area contributed by atoms with Gasteiger partial charge in [-0.3, -0.25) is 0 Å². The van der Waals surface area contributed by atoms with Crippen LogP contribution in [-0.2, 0) is 0 Å². The zero-order valence-corrected chi connectivity index (χ0v) is 14.7. The standard InChI is InChI=1S/C18H26N6/c1-12-9-13(2)24(22-12)18-8-7-17(20-21-18)19-14-10-15-5-4-6-16(11-14)23(15)3/h7-9,14-16H,4-6,10-11H2,1-3H3,(H,19,20)/t14?,15-,16+. The summed E-state index contributed by atoms with van der Waals surface area (Å²) in [6.45, 7) is 4.02. The van der Waals surface area contributed by atoms with Crippen molar-refractivity contribution in [1.29, 1.82) is 0 Å². The summed E-state index contributed by atoms with van der Waals surface area (Å²) in [6.07, 6.45) is 6.44. The van der Waals surface area contributed by atoms with Gasteiger partial charge in [0.2, 0.25) is 0 Å². The average molecular weight is 326 g/mol. The van der Waals surface area contributed by atoms with Crippen molar-refractivity contribution in [1.82, 2.24) is 24.9 Å². The summed E-state index contributed by atoms with van der Waals surface area (Å²) in [5.41, 5.74) is 2.07. The number of aryl methyl sites for hydroxylation is 2. The molecule has 128 valence electrons. The largest absolute Gasteiger partial charge is 0.366 e. The number of piperidine rings is 2. The van der Waals surface area contributed by atoms with E-state index in [0.717, 1.165) is 35.1 Å². The Morgan fingerprint density at radius 2 is 1.83 bits per heavy atom. The van der Waals surface area contributed by atoms with Gasteiger partial charge in [-0.05, 0) is 64.8 Å². The number of rotatable bonds is 3. The lowest BCUT2D eigenvalue weighted by atomic mass is 9.82. The molecular formula is C18H26N6. The van der Waals surface area contributed by atoms with Crippen LogP contribution < -0.4 is 5.32 Å². The molecule has 2 bridgehead atoms. The molecule has 2 aromatic rings. The van der Waals surface area contributed by atoms with E-state index in [2.05, 4.69) is 32.6 Å². The molecule has 2 aromatic heterocycles. The van der Waals surface area contributed by atoms with Crippen molar-refractivity contribution in [3.8, 4) is 5.82 Å². The van der Waals surface area contributed by atoms with Crippen molar-refractivity contribution in [3.63, 3.8) is 0 Å². The van der Waals surface area contributed by atoms with Gasteiger partial charge < -0.3 is 10.2 Å². The molecule has 4 rings (SSSR count). The van der Waals surface area contributed by atoms with Crippen molar-refractivity contribution in [2.45, 2.75) is 64.1 Å². The van der Waals surface area contributed by atoms with Crippen LogP contribution in [0, 0.1) is 13.8 Å². The van der Waals surface area contributed by atoms with Crippen LogP contribution in [0.2, 0.25) is 0 Å². The number of aromatic nitrogens is 4. The van der Waals surface area contributed by atoms with Gasteiger partial charge in [-0.1, -0.05) is 6.42 Å². The van der Waals surface area contributed by atoms with Gasteiger partial charge in [0.15, 0.2) is 5.82 Å². The quantitative estimate of drug-likeness (QED) is 0.940. The van der Waals surface area contributed by atoms with Gasteiger partial charge >= 0.3 is 0 Å². The van der Waals surface area contributed by atoms with Gasteiger partial charge in [0.1, 0.15) is 5.82 Å². The number of hydrogen-bond donors (Lipinski definition) is 1. The predicted molar refractivity (Wildman–Crippen MR) is 94.5 cm³/mol. The van der Waals surface area contributed by atoms with E-state index in [9.17, 15) is 0 Å². The topological polar surface area (TPSA) is 58.9 Å². The summed E-state index contributed by atoms with van der Waals surface area (Å²) in [5, 5.41) is 16.8. The van der Waals surface area contributed by atoms with Crippen molar-refractivity contribution in [2.24, 2.45) is 0 Å².